The Balaban J connectivity index is 1.26. The molecule has 0 heterocycles. The lowest BCUT2D eigenvalue weighted by Crippen LogP contribution is -1.88. The maximum atomic E-state index is 11.4. The van der Waals surface area contributed by atoms with Gasteiger partial charge >= 0.3 is 0 Å². The van der Waals surface area contributed by atoms with Crippen LogP contribution in [-0.2, 0) is 0 Å². The largest absolute Gasteiger partial charge is 0.508 e. The van der Waals surface area contributed by atoms with Crippen LogP contribution in [0.4, 0.5) is 0 Å². The van der Waals surface area contributed by atoms with Gasteiger partial charge in [0.15, 0.2) is 0 Å². The molecule has 0 radical (unpaired) electrons. The molecule has 8 rings (SSSR count). The van der Waals surface area contributed by atoms with Crippen molar-refractivity contribution >= 4 is 32.3 Å². The molecule has 0 atom stereocenters. The van der Waals surface area contributed by atoms with Crippen molar-refractivity contribution in [1.82, 2.24) is 0 Å². The highest BCUT2D eigenvalue weighted by atomic mass is 16.3. The summed E-state index contributed by atoms with van der Waals surface area (Å²) >= 11 is 0. The summed E-state index contributed by atoms with van der Waals surface area (Å²) in [7, 11) is 0. The molecule has 0 bridgehead atoms. The van der Waals surface area contributed by atoms with Gasteiger partial charge in [-0.3, -0.25) is 0 Å². The summed E-state index contributed by atoms with van der Waals surface area (Å²) in [4.78, 5) is 0. The Hall–Kier alpha value is -6.06. The summed E-state index contributed by atoms with van der Waals surface area (Å²) in [5.41, 5.74) is 7.04. The fourth-order valence-corrected chi connectivity index (χ4v) is 6.53. The van der Waals surface area contributed by atoms with Gasteiger partial charge in [-0.05, 0) is 126 Å². The molecule has 0 fully saturated rings. The monoisotopic (exact) mass is 580 g/mol. The van der Waals surface area contributed by atoms with Crippen LogP contribution in [0, 0.1) is 0 Å². The van der Waals surface area contributed by atoms with Gasteiger partial charge in [0.2, 0.25) is 0 Å². The number of hydrogen-bond donors (Lipinski definition) is 3. The third kappa shape index (κ3) is 4.72. The minimum atomic E-state index is 0.190. The smallest absolute Gasteiger partial charge is 0.124 e. The van der Waals surface area contributed by atoms with Crippen molar-refractivity contribution in [2.24, 2.45) is 0 Å². The molecule has 3 heteroatoms. The van der Waals surface area contributed by atoms with Crippen molar-refractivity contribution in [3.05, 3.63) is 152 Å². The summed E-state index contributed by atoms with van der Waals surface area (Å²) in [6.07, 6.45) is 0. The summed E-state index contributed by atoms with van der Waals surface area (Å²) in [5.74, 6) is 0.573. The second-order valence-electron chi connectivity index (χ2n) is 11.5. The molecule has 214 valence electrons. The number of phenols is 3. The average molecular weight is 581 g/mol. The van der Waals surface area contributed by atoms with Gasteiger partial charge in [-0.2, -0.15) is 0 Å². The van der Waals surface area contributed by atoms with Gasteiger partial charge in [-0.25, -0.2) is 0 Å². The van der Waals surface area contributed by atoms with Crippen molar-refractivity contribution < 1.29 is 15.3 Å². The van der Waals surface area contributed by atoms with Crippen molar-refractivity contribution in [3.8, 4) is 61.8 Å². The number of rotatable bonds is 4. The first kappa shape index (κ1) is 26.6. The first-order chi connectivity index (χ1) is 22.0. The second kappa shape index (κ2) is 10.6. The van der Waals surface area contributed by atoms with Crippen LogP contribution in [0.25, 0.3) is 76.8 Å². The van der Waals surface area contributed by atoms with E-state index in [1.165, 1.54) is 26.9 Å². The lowest BCUT2D eigenvalue weighted by Gasteiger charge is -2.14. The minimum absolute atomic E-state index is 0.190. The van der Waals surface area contributed by atoms with Crippen LogP contribution in [0.1, 0.15) is 0 Å². The van der Waals surface area contributed by atoms with Gasteiger partial charge in [-0.1, -0.05) is 97.1 Å². The lowest BCUT2D eigenvalue weighted by molar-refractivity contribution is 0.475. The molecule has 0 aliphatic heterocycles. The molecule has 0 aromatic heterocycles. The van der Waals surface area contributed by atoms with Crippen LogP contribution in [0.15, 0.2) is 152 Å². The molecule has 0 saturated carbocycles. The average Bonchev–Trinajstić information content (AvgIpc) is 3.08. The molecular formula is C42H28O3. The highest BCUT2D eigenvalue weighted by Crippen LogP contribution is 2.41. The molecule has 0 unspecified atom stereocenters. The predicted octanol–water partition coefficient (Wildman–Crippen LogP) is 10.9. The zero-order valence-electron chi connectivity index (χ0n) is 24.3. The summed E-state index contributed by atoms with van der Waals surface area (Å²) in [6.45, 7) is 0. The van der Waals surface area contributed by atoms with Gasteiger partial charge in [0.25, 0.3) is 0 Å². The maximum absolute atomic E-state index is 11.4. The van der Waals surface area contributed by atoms with Crippen molar-refractivity contribution in [1.29, 1.82) is 0 Å². The fraction of sp³-hybridized carbons (Fsp3) is 0. The molecule has 8 aromatic carbocycles. The number of phenolic OH excluding ortho intramolecular Hbond substituents is 3. The normalized spacial score (nSPS) is 11.4. The van der Waals surface area contributed by atoms with E-state index in [9.17, 15) is 15.3 Å². The number of fused-ring (bicyclic) bond motifs is 6. The molecule has 0 amide bonds. The van der Waals surface area contributed by atoms with Crippen LogP contribution in [-0.4, -0.2) is 15.3 Å². The third-order valence-corrected chi connectivity index (χ3v) is 8.68. The predicted molar refractivity (Wildman–Crippen MR) is 186 cm³/mol. The van der Waals surface area contributed by atoms with E-state index >= 15 is 0 Å². The van der Waals surface area contributed by atoms with Gasteiger partial charge in [-0.15, -0.1) is 0 Å². The van der Waals surface area contributed by atoms with Crippen LogP contribution < -0.4 is 0 Å². The zero-order valence-corrected chi connectivity index (χ0v) is 24.3. The molecule has 0 aliphatic carbocycles. The highest BCUT2D eigenvalue weighted by molar-refractivity contribution is 6.25. The van der Waals surface area contributed by atoms with E-state index in [4.69, 9.17) is 0 Å². The van der Waals surface area contributed by atoms with E-state index in [1.807, 2.05) is 48.5 Å². The Kier molecular flexibility index (Phi) is 6.25. The van der Waals surface area contributed by atoms with E-state index in [-0.39, 0.29) is 17.2 Å². The van der Waals surface area contributed by atoms with E-state index in [1.54, 1.807) is 24.3 Å². The molecule has 3 N–H and O–H groups in total. The van der Waals surface area contributed by atoms with Crippen molar-refractivity contribution in [2.75, 3.05) is 0 Å². The van der Waals surface area contributed by atoms with E-state index in [0.29, 0.717) is 0 Å². The summed E-state index contributed by atoms with van der Waals surface area (Å²) < 4.78 is 0. The Labute approximate surface area is 260 Å². The quantitative estimate of drug-likeness (QED) is 0.182. The van der Waals surface area contributed by atoms with Crippen LogP contribution in [0.2, 0.25) is 0 Å². The first-order valence-electron chi connectivity index (χ1n) is 14.9. The maximum Gasteiger partial charge on any atom is 0.124 e. The number of hydrogen-bond acceptors (Lipinski definition) is 3. The summed E-state index contributed by atoms with van der Waals surface area (Å²) in [5, 5.41) is 39.0. The number of benzene rings is 8. The Morgan fingerprint density at radius 1 is 0.267 bits per heavy atom. The molecule has 0 spiro atoms. The molecule has 0 aliphatic rings. The zero-order chi connectivity index (χ0) is 30.5. The standard InChI is InChI=1S/C42H28O3/c43-33-9-5-7-26(22-33)30-19-31(27-8-6-10-34(44)23-27)21-32(20-30)28-15-17-35(42(45)25-28)29-16-18-40-38-13-2-1-11-36(38)37-12-3-4-14-39(37)41(40)24-29/h1-25,43-45H. The molecule has 3 nitrogen and oxygen atoms in total. The van der Waals surface area contributed by atoms with E-state index < -0.39 is 0 Å². The summed E-state index contributed by atoms with van der Waals surface area (Å²) in [6, 6.07) is 49.7. The van der Waals surface area contributed by atoms with Crippen LogP contribution in [0.5, 0.6) is 17.2 Å². The van der Waals surface area contributed by atoms with Crippen LogP contribution >= 0.6 is 0 Å². The lowest BCUT2D eigenvalue weighted by atomic mass is 9.90. The Morgan fingerprint density at radius 3 is 1.20 bits per heavy atom. The molecule has 8 aromatic rings. The van der Waals surface area contributed by atoms with Crippen molar-refractivity contribution in [2.45, 2.75) is 0 Å². The van der Waals surface area contributed by atoms with Gasteiger partial charge < -0.3 is 15.3 Å². The third-order valence-electron chi connectivity index (χ3n) is 8.68. The minimum Gasteiger partial charge on any atom is -0.508 e. The number of aromatic hydroxyl groups is 3. The second-order valence-corrected chi connectivity index (χ2v) is 11.5. The fourth-order valence-electron chi connectivity index (χ4n) is 6.53. The highest BCUT2D eigenvalue weighted by Gasteiger charge is 2.14. The first-order valence-corrected chi connectivity index (χ1v) is 14.9. The van der Waals surface area contributed by atoms with Gasteiger partial charge in [0.05, 0.1) is 0 Å². The molecule has 0 saturated heterocycles. The molecule has 45 heavy (non-hydrogen) atoms. The Morgan fingerprint density at radius 2 is 0.711 bits per heavy atom. The van der Waals surface area contributed by atoms with Crippen LogP contribution in [0.3, 0.4) is 0 Å². The van der Waals surface area contributed by atoms with Gasteiger partial charge in [0.1, 0.15) is 17.2 Å². The van der Waals surface area contributed by atoms with E-state index in [2.05, 4.69) is 78.9 Å². The SMILES string of the molecule is Oc1cccc(-c2cc(-c3cccc(O)c3)cc(-c3ccc(-c4ccc5c6ccccc6c6ccccc6c5c4)c(O)c3)c2)c1. The van der Waals surface area contributed by atoms with E-state index in [0.717, 1.165) is 49.9 Å². The van der Waals surface area contributed by atoms with Crippen molar-refractivity contribution in [3.63, 3.8) is 0 Å². The topological polar surface area (TPSA) is 60.7 Å². The van der Waals surface area contributed by atoms with Gasteiger partial charge in [0, 0.05) is 5.56 Å². The molecular weight excluding hydrogens is 552 g/mol. The Bertz CT molecular complexity index is 2320.